The van der Waals surface area contributed by atoms with Crippen molar-refractivity contribution < 1.29 is 9.59 Å². The molecular formula is C21H18N8O2S. The Labute approximate surface area is 185 Å². The number of benzene rings is 1. The Morgan fingerprint density at radius 1 is 1.19 bits per heavy atom. The van der Waals surface area contributed by atoms with Crippen LogP contribution in [0.25, 0.3) is 21.8 Å². The fraction of sp³-hybridized carbons (Fsp3) is 0.190. The van der Waals surface area contributed by atoms with Crippen molar-refractivity contribution in [2.75, 3.05) is 10.6 Å². The van der Waals surface area contributed by atoms with E-state index in [0.29, 0.717) is 35.7 Å². The second kappa shape index (κ2) is 7.31. The molecule has 10 nitrogen and oxygen atoms in total. The minimum Gasteiger partial charge on any atom is -0.351 e. The van der Waals surface area contributed by atoms with E-state index in [2.05, 4.69) is 54.5 Å². The molecule has 1 saturated heterocycles. The number of carbonyl (C=O) groups excluding carboxylic acids is 2. The highest BCUT2D eigenvalue weighted by Crippen LogP contribution is 2.27. The minimum atomic E-state index is -0.547. The van der Waals surface area contributed by atoms with Gasteiger partial charge in [-0.2, -0.15) is 19.6 Å². The molecule has 32 heavy (non-hydrogen) atoms. The lowest BCUT2D eigenvalue weighted by atomic mass is 10.2. The van der Waals surface area contributed by atoms with Crippen LogP contribution in [0.5, 0.6) is 0 Å². The van der Waals surface area contributed by atoms with Crippen LogP contribution < -0.4 is 21.3 Å². The Bertz CT molecular complexity index is 1380. The molecule has 4 N–H and O–H groups in total. The number of urea groups is 1. The summed E-state index contributed by atoms with van der Waals surface area (Å²) in [7, 11) is 0. The van der Waals surface area contributed by atoms with Gasteiger partial charge in [0.25, 0.3) is 5.91 Å². The molecule has 11 heteroatoms. The molecule has 3 aromatic heterocycles. The van der Waals surface area contributed by atoms with Crippen LogP contribution in [0.1, 0.15) is 23.3 Å². The van der Waals surface area contributed by atoms with Gasteiger partial charge in [0.2, 0.25) is 11.9 Å². The lowest BCUT2D eigenvalue weighted by Crippen LogP contribution is -2.22. The van der Waals surface area contributed by atoms with E-state index in [0.717, 1.165) is 12.8 Å². The smallest absolute Gasteiger partial charge is 0.326 e. The fourth-order valence-corrected chi connectivity index (χ4v) is 4.51. The standard InChI is InChI=1S/C21H18N8O2S/c30-18-15(25-21(31)27-18)8-12-9-23-29-17(12)26-19(28-20(29)24-13-5-6-13)22-10-14-7-11-3-1-2-4-16(11)32-14/h1-4,7-9,13H,5-6,10H2,(H2,22,24,26,28)(H2,25,27,30,31)/b15-8-. The molecule has 1 aliphatic carbocycles. The molecule has 1 aromatic carbocycles. The quantitative estimate of drug-likeness (QED) is 0.265. The van der Waals surface area contributed by atoms with Gasteiger partial charge in [-0.3, -0.25) is 10.1 Å². The SMILES string of the molecule is O=C1NC(=O)/C(=C/c2cnn3c(NC4CC4)nc(NCc4cc5ccccc5s4)nc23)N1. The number of thiophene rings is 1. The first-order chi connectivity index (χ1) is 15.6. The third-order valence-electron chi connectivity index (χ3n) is 5.22. The van der Waals surface area contributed by atoms with Crippen LogP contribution >= 0.6 is 11.3 Å². The van der Waals surface area contributed by atoms with Crippen LogP contribution in [0, 0.1) is 0 Å². The molecular weight excluding hydrogens is 428 g/mol. The Morgan fingerprint density at radius 3 is 2.84 bits per heavy atom. The van der Waals surface area contributed by atoms with Gasteiger partial charge in [0.15, 0.2) is 5.65 Å². The first-order valence-corrected chi connectivity index (χ1v) is 11.0. The molecule has 4 aromatic rings. The summed E-state index contributed by atoms with van der Waals surface area (Å²) in [6.07, 6.45) is 5.33. The van der Waals surface area contributed by atoms with Gasteiger partial charge < -0.3 is 16.0 Å². The molecule has 0 bridgehead atoms. The van der Waals surface area contributed by atoms with Crippen LogP contribution in [0.4, 0.5) is 16.7 Å². The van der Waals surface area contributed by atoms with E-state index in [-0.39, 0.29) is 5.70 Å². The van der Waals surface area contributed by atoms with Crippen molar-refractivity contribution in [1.29, 1.82) is 0 Å². The Kier molecular flexibility index (Phi) is 4.28. The zero-order valence-electron chi connectivity index (χ0n) is 16.8. The summed E-state index contributed by atoms with van der Waals surface area (Å²) in [4.78, 5) is 33.8. The molecule has 0 spiro atoms. The predicted molar refractivity (Wildman–Crippen MR) is 121 cm³/mol. The molecule has 1 aliphatic heterocycles. The average Bonchev–Trinajstić information content (AvgIpc) is 3.21. The summed E-state index contributed by atoms with van der Waals surface area (Å²) < 4.78 is 2.85. The molecule has 4 heterocycles. The number of amides is 3. The number of hydrogen-bond donors (Lipinski definition) is 4. The third-order valence-corrected chi connectivity index (χ3v) is 6.34. The number of anilines is 2. The second-order valence-corrected chi connectivity index (χ2v) is 8.86. The van der Waals surface area contributed by atoms with Crippen LogP contribution in [-0.4, -0.2) is 37.6 Å². The van der Waals surface area contributed by atoms with Gasteiger partial charge in [-0.15, -0.1) is 11.3 Å². The van der Waals surface area contributed by atoms with E-state index in [1.54, 1.807) is 28.1 Å². The number of aromatic nitrogens is 4. The van der Waals surface area contributed by atoms with Gasteiger partial charge in [0, 0.05) is 21.2 Å². The molecule has 0 atom stereocenters. The van der Waals surface area contributed by atoms with Gasteiger partial charge in [0.05, 0.1) is 12.7 Å². The van der Waals surface area contributed by atoms with E-state index < -0.39 is 11.9 Å². The summed E-state index contributed by atoms with van der Waals surface area (Å²) in [5.74, 6) is 0.557. The van der Waals surface area contributed by atoms with Crippen molar-refractivity contribution in [2.24, 2.45) is 0 Å². The first-order valence-electron chi connectivity index (χ1n) is 10.2. The van der Waals surface area contributed by atoms with E-state index in [1.165, 1.54) is 15.0 Å². The maximum absolute atomic E-state index is 11.9. The maximum Gasteiger partial charge on any atom is 0.326 e. The van der Waals surface area contributed by atoms with Crippen molar-refractivity contribution in [3.8, 4) is 0 Å². The largest absolute Gasteiger partial charge is 0.351 e. The average molecular weight is 446 g/mol. The summed E-state index contributed by atoms with van der Waals surface area (Å²) in [5, 5.41) is 17.0. The molecule has 1 saturated carbocycles. The number of hydrogen-bond acceptors (Lipinski definition) is 8. The van der Waals surface area contributed by atoms with Gasteiger partial charge in [-0.05, 0) is 36.4 Å². The Balaban J connectivity index is 1.34. The highest BCUT2D eigenvalue weighted by molar-refractivity contribution is 7.19. The normalized spacial score (nSPS) is 17.2. The first kappa shape index (κ1) is 18.8. The van der Waals surface area contributed by atoms with E-state index in [4.69, 9.17) is 0 Å². The van der Waals surface area contributed by atoms with Crippen molar-refractivity contribution in [3.63, 3.8) is 0 Å². The van der Waals surface area contributed by atoms with Gasteiger partial charge in [0.1, 0.15) is 5.70 Å². The predicted octanol–water partition coefficient (Wildman–Crippen LogP) is 2.71. The van der Waals surface area contributed by atoms with E-state index in [9.17, 15) is 9.59 Å². The molecule has 0 radical (unpaired) electrons. The number of nitrogens with zero attached hydrogens (tertiary/aromatic N) is 4. The second-order valence-electron chi connectivity index (χ2n) is 7.70. The molecule has 160 valence electrons. The summed E-state index contributed by atoms with van der Waals surface area (Å²) in [5.41, 5.74) is 1.28. The Hall–Kier alpha value is -3.99. The van der Waals surface area contributed by atoms with Crippen LogP contribution in [0.15, 0.2) is 42.2 Å². The fourth-order valence-electron chi connectivity index (χ4n) is 3.51. The number of carbonyl (C=O) groups is 2. The van der Waals surface area contributed by atoms with Crippen LogP contribution in [-0.2, 0) is 11.3 Å². The molecule has 3 amide bonds. The van der Waals surface area contributed by atoms with Gasteiger partial charge in [-0.25, -0.2) is 4.79 Å². The van der Waals surface area contributed by atoms with E-state index >= 15 is 0 Å². The lowest BCUT2D eigenvalue weighted by molar-refractivity contribution is -0.115. The summed E-state index contributed by atoms with van der Waals surface area (Å²) >= 11 is 1.73. The van der Waals surface area contributed by atoms with Crippen LogP contribution in [0.3, 0.4) is 0 Å². The lowest BCUT2D eigenvalue weighted by Gasteiger charge is -2.09. The highest BCUT2D eigenvalue weighted by Gasteiger charge is 2.26. The van der Waals surface area contributed by atoms with Crippen molar-refractivity contribution in [3.05, 3.63) is 52.7 Å². The zero-order valence-corrected chi connectivity index (χ0v) is 17.6. The Morgan fingerprint density at radius 2 is 2.06 bits per heavy atom. The van der Waals surface area contributed by atoms with E-state index in [1.807, 2.05) is 12.1 Å². The molecule has 2 fully saturated rings. The van der Waals surface area contributed by atoms with Gasteiger partial charge in [-0.1, -0.05) is 18.2 Å². The highest BCUT2D eigenvalue weighted by atomic mass is 32.1. The third kappa shape index (κ3) is 3.52. The molecule has 6 rings (SSSR count). The van der Waals surface area contributed by atoms with Crippen molar-refractivity contribution >= 4 is 57.0 Å². The minimum absolute atomic E-state index is 0.153. The number of nitrogens with one attached hydrogen (secondary N) is 4. The van der Waals surface area contributed by atoms with Gasteiger partial charge >= 0.3 is 6.03 Å². The number of imide groups is 1. The topological polar surface area (TPSA) is 125 Å². The zero-order chi connectivity index (χ0) is 21.7. The van der Waals surface area contributed by atoms with Crippen LogP contribution in [0.2, 0.25) is 0 Å². The van der Waals surface area contributed by atoms with Crippen molar-refractivity contribution in [2.45, 2.75) is 25.4 Å². The molecule has 2 aliphatic rings. The van der Waals surface area contributed by atoms with Crippen molar-refractivity contribution in [1.82, 2.24) is 30.2 Å². The summed E-state index contributed by atoms with van der Waals surface area (Å²) in [6, 6.07) is 10.2. The maximum atomic E-state index is 11.9. The summed E-state index contributed by atoms with van der Waals surface area (Å²) in [6.45, 7) is 0.585. The molecule has 0 unspecified atom stereocenters. The number of rotatable bonds is 6. The monoisotopic (exact) mass is 446 g/mol. The number of fused-ring (bicyclic) bond motifs is 2.